The van der Waals surface area contributed by atoms with Crippen LogP contribution in [0.2, 0.25) is 0 Å². The molecular formula is C15H18BrNO. The van der Waals surface area contributed by atoms with E-state index in [0.717, 1.165) is 35.0 Å². The first-order valence-corrected chi connectivity index (χ1v) is 7.15. The Balaban J connectivity index is 1.91. The number of rotatable bonds is 3. The molecule has 1 aromatic carbocycles. The molecule has 2 rings (SSSR count). The molecule has 0 fully saturated rings. The van der Waals surface area contributed by atoms with Gasteiger partial charge in [0.1, 0.15) is 0 Å². The van der Waals surface area contributed by atoms with E-state index in [-0.39, 0.29) is 5.91 Å². The van der Waals surface area contributed by atoms with E-state index in [1.165, 1.54) is 6.42 Å². The van der Waals surface area contributed by atoms with Gasteiger partial charge in [-0.25, -0.2) is 0 Å². The summed E-state index contributed by atoms with van der Waals surface area (Å²) >= 11 is 3.44. The van der Waals surface area contributed by atoms with E-state index in [2.05, 4.69) is 33.4 Å². The number of hydrogen-bond donors (Lipinski definition) is 1. The topological polar surface area (TPSA) is 29.1 Å². The van der Waals surface area contributed by atoms with E-state index in [4.69, 9.17) is 0 Å². The zero-order chi connectivity index (χ0) is 13.0. The molecule has 3 heteroatoms. The molecule has 0 saturated heterocycles. The van der Waals surface area contributed by atoms with Gasteiger partial charge in [0.25, 0.3) is 5.91 Å². The van der Waals surface area contributed by atoms with Gasteiger partial charge in [-0.15, -0.1) is 0 Å². The standard InChI is InChI=1S/C15H18BrNO/c1-11-9-13(7-8-14(11)16)15(18)17-10-12-5-3-2-4-6-12/h2-3,7-9,12H,4-6,10H2,1H3,(H,17,18). The number of allylic oxidation sites excluding steroid dienone is 2. The van der Waals surface area contributed by atoms with Gasteiger partial charge in [-0.1, -0.05) is 28.1 Å². The molecule has 0 aliphatic heterocycles. The van der Waals surface area contributed by atoms with E-state index < -0.39 is 0 Å². The number of hydrogen-bond acceptors (Lipinski definition) is 1. The summed E-state index contributed by atoms with van der Waals surface area (Å²) in [5.41, 5.74) is 1.82. The minimum Gasteiger partial charge on any atom is -0.352 e. The monoisotopic (exact) mass is 307 g/mol. The second kappa shape index (κ2) is 6.19. The van der Waals surface area contributed by atoms with Crippen molar-refractivity contribution in [2.75, 3.05) is 6.54 Å². The minimum atomic E-state index is 0.0279. The van der Waals surface area contributed by atoms with E-state index in [1.807, 2.05) is 25.1 Å². The maximum Gasteiger partial charge on any atom is 0.251 e. The summed E-state index contributed by atoms with van der Waals surface area (Å²) in [6.45, 7) is 2.77. The average molecular weight is 308 g/mol. The number of aryl methyl sites for hydroxylation is 1. The van der Waals surface area contributed by atoms with Crippen molar-refractivity contribution in [1.29, 1.82) is 0 Å². The first kappa shape index (κ1) is 13.3. The van der Waals surface area contributed by atoms with Crippen LogP contribution < -0.4 is 5.32 Å². The molecular weight excluding hydrogens is 290 g/mol. The SMILES string of the molecule is Cc1cc(C(=O)NCC2CC=CCC2)ccc1Br. The first-order chi connectivity index (χ1) is 8.66. The number of benzene rings is 1. The number of carbonyl (C=O) groups excluding carboxylic acids is 1. The van der Waals surface area contributed by atoms with Crippen molar-refractivity contribution in [3.05, 3.63) is 46.0 Å². The lowest BCUT2D eigenvalue weighted by molar-refractivity contribution is 0.0946. The number of nitrogens with one attached hydrogen (secondary N) is 1. The van der Waals surface area contributed by atoms with Gasteiger partial charge >= 0.3 is 0 Å². The highest BCUT2D eigenvalue weighted by Gasteiger charge is 2.12. The Morgan fingerprint density at radius 2 is 2.28 bits per heavy atom. The molecule has 0 aromatic heterocycles. The average Bonchev–Trinajstić information content (AvgIpc) is 2.40. The van der Waals surface area contributed by atoms with Gasteiger partial charge in [0.2, 0.25) is 0 Å². The molecule has 0 spiro atoms. The van der Waals surface area contributed by atoms with Crippen LogP contribution >= 0.6 is 15.9 Å². The van der Waals surface area contributed by atoms with Crippen LogP contribution in [0.4, 0.5) is 0 Å². The fourth-order valence-electron chi connectivity index (χ4n) is 2.17. The van der Waals surface area contributed by atoms with E-state index in [9.17, 15) is 4.79 Å². The predicted molar refractivity (Wildman–Crippen MR) is 77.7 cm³/mol. The Bertz CT molecular complexity index is 468. The molecule has 18 heavy (non-hydrogen) atoms. The lowest BCUT2D eigenvalue weighted by Gasteiger charge is -2.18. The highest BCUT2D eigenvalue weighted by atomic mass is 79.9. The second-order valence-electron chi connectivity index (χ2n) is 4.82. The molecule has 1 aliphatic rings. The zero-order valence-electron chi connectivity index (χ0n) is 10.6. The van der Waals surface area contributed by atoms with Crippen LogP contribution in [0.15, 0.2) is 34.8 Å². The van der Waals surface area contributed by atoms with Gasteiger partial charge in [-0.2, -0.15) is 0 Å². The van der Waals surface area contributed by atoms with Crippen molar-refractivity contribution in [1.82, 2.24) is 5.32 Å². The van der Waals surface area contributed by atoms with Gasteiger partial charge in [-0.3, -0.25) is 4.79 Å². The van der Waals surface area contributed by atoms with Crippen molar-refractivity contribution < 1.29 is 4.79 Å². The van der Waals surface area contributed by atoms with Crippen LogP contribution in [0, 0.1) is 12.8 Å². The molecule has 1 amide bonds. The van der Waals surface area contributed by atoms with Crippen LogP contribution in [0.25, 0.3) is 0 Å². The van der Waals surface area contributed by atoms with Gasteiger partial charge in [-0.05, 0) is 55.9 Å². The quantitative estimate of drug-likeness (QED) is 0.845. The highest BCUT2D eigenvalue weighted by Crippen LogP contribution is 2.18. The molecule has 1 aliphatic carbocycles. The lowest BCUT2D eigenvalue weighted by Crippen LogP contribution is -2.29. The Hall–Kier alpha value is -1.09. The first-order valence-electron chi connectivity index (χ1n) is 6.36. The maximum atomic E-state index is 12.0. The van der Waals surface area contributed by atoms with Crippen molar-refractivity contribution in [3.8, 4) is 0 Å². The Morgan fingerprint density at radius 1 is 1.44 bits per heavy atom. The third kappa shape index (κ3) is 3.45. The summed E-state index contributed by atoms with van der Waals surface area (Å²) in [6.07, 6.45) is 7.83. The van der Waals surface area contributed by atoms with E-state index >= 15 is 0 Å². The van der Waals surface area contributed by atoms with Crippen molar-refractivity contribution in [3.63, 3.8) is 0 Å². The van der Waals surface area contributed by atoms with Crippen molar-refractivity contribution in [2.24, 2.45) is 5.92 Å². The Kier molecular flexibility index (Phi) is 4.59. The molecule has 1 unspecified atom stereocenters. The van der Waals surface area contributed by atoms with Crippen molar-refractivity contribution >= 4 is 21.8 Å². The smallest absolute Gasteiger partial charge is 0.251 e. The molecule has 0 radical (unpaired) electrons. The normalized spacial score (nSPS) is 18.7. The largest absolute Gasteiger partial charge is 0.352 e. The van der Waals surface area contributed by atoms with Crippen LogP contribution in [0.3, 0.4) is 0 Å². The molecule has 0 saturated carbocycles. The van der Waals surface area contributed by atoms with Crippen LogP contribution in [0.1, 0.15) is 35.2 Å². The molecule has 1 N–H and O–H groups in total. The van der Waals surface area contributed by atoms with E-state index in [0.29, 0.717) is 5.92 Å². The molecule has 96 valence electrons. The van der Waals surface area contributed by atoms with Gasteiger partial charge < -0.3 is 5.32 Å². The minimum absolute atomic E-state index is 0.0279. The van der Waals surface area contributed by atoms with Crippen molar-refractivity contribution in [2.45, 2.75) is 26.2 Å². The fraction of sp³-hybridized carbons (Fsp3) is 0.400. The molecule has 1 atom stereocenters. The predicted octanol–water partition coefficient (Wildman–Crippen LogP) is 3.84. The summed E-state index contributed by atoms with van der Waals surface area (Å²) in [5.74, 6) is 0.621. The van der Waals surface area contributed by atoms with Gasteiger partial charge in [0, 0.05) is 16.6 Å². The molecule has 0 bridgehead atoms. The van der Waals surface area contributed by atoms with Gasteiger partial charge in [0.05, 0.1) is 0 Å². The lowest BCUT2D eigenvalue weighted by atomic mass is 9.94. The van der Waals surface area contributed by atoms with Crippen LogP contribution in [-0.4, -0.2) is 12.5 Å². The Labute approximate surface area is 117 Å². The van der Waals surface area contributed by atoms with E-state index in [1.54, 1.807) is 0 Å². The maximum absolute atomic E-state index is 12.0. The number of halogens is 1. The van der Waals surface area contributed by atoms with Crippen LogP contribution in [0.5, 0.6) is 0 Å². The number of amides is 1. The zero-order valence-corrected chi connectivity index (χ0v) is 12.2. The third-order valence-electron chi connectivity index (χ3n) is 3.35. The highest BCUT2D eigenvalue weighted by molar-refractivity contribution is 9.10. The molecule has 1 aromatic rings. The summed E-state index contributed by atoms with van der Waals surface area (Å²) < 4.78 is 1.04. The number of carbonyl (C=O) groups is 1. The summed E-state index contributed by atoms with van der Waals surface area (Å²) in [4.78, 5) is 12.0. The third-order valence-corrected chi connectivity index (χ3v) is 4.24. The summed E-state index contributed by atoms with van der Waals surface area (Å²) in [6, 6.07) is 5.70. The second-order valence-corrected chi connectivity index (χ2v) is 5.68. The summed E-state index contributed by atoms with van der Waals surface area (Å²) in [5, 5.41) is 3.03. The summed E-state index contributed by atoms with van der Waals surface area (Å²) in [7, 11) is 0. The fourth-order valence-corrected chi connectivity index (χ4v) is 2.41. The molecule has 2 nitrogen and oxygen atoms in total. The Morgan fingerprint density at radius 3 is 2.94 bits per heavy atom. The molecule has 0 heterocycles. The van der Waals surface area contributed by atoms with Crippen LogP contribution in [-0.2, 0) is 0 Å². The van der Waals surface area contributed by atoms with Gasteiger partial charge in [0.15, 0.2) is 0 Å².